The van der Waals surface area contributed by atoms with Crippen molar-refractivity contribution in [2.45, 2.75) is 19.4 Å². The monoisotopic (exact) mass is 691 g/mol. The lowest BCUT2D eigenvalue weighted by molar-refractivity contribution is 0.103. The molecule has 0 amide bonds. The Morgan fingerprint density at radius 1 is 0.569 bits per heavy atom. The highest BCUT2D eigenvalue weighted by molar-refractivity contribution is 6.29. The van der Waals surface area contributed by atoms with Crippen molar-refractivity contribution < 1.29 is 9.59 Å². The van der Waals surface area contributed by atoms with E-state index in [0.29, 0.717) is 39.6 Å². The molecule has 0 aliphatic rings. The Bertz CT molecular complexity index is 2340. The lowest BCUT2D eigenvalue weighted by Gasteiger charge is -2.03. The van der Waals surface area contributed by atoms with Gasteiger partial charge in [-0.15, -0.1) is 0 Å². The van der Waals surface area contributed by atoms with E-state index in [0.717, 1.165) is 35.0 Å². The first-order chi connectivity index (χ1) is 25.0. The highest BCUT2D eigenvalue weighted by Gasteiger charge is 2.16. The number of pyridine rings is 4. The Morgan fingerprint density at radius 3 is 1.57 bits per heavy atom. The van der Waals surface area contributed by atoms with Crippen molar-refractivity contribution in [3.8, 4) is 0 Å². The number of hydrogen-bond donors (Lipinski definition) is 3. The Kier molecular flexibility index (Phi) is 11.4. The van der Waals surface area contributed by atoms with Crippen LogP contribution < -0.4 is 5.73 Å². The first-order valence-corrected chi connectivity index (χ1v) is 16.7. The average molecular weight is 692 g/mol. The normalized spacial score (nSPS) is 10.5. The first kappa shape index (κ1) is 34.6. The maximum Gasteiger partial charge on any atom is 0.196 e. The zero-order chi connectivity index (χ0) is 35.4. The maximum absolute atomic E-state index is 12.7. The molecular weight excluding hydrogens is 658 g/mol. The van der Waals surface area contributed by atoms with E-state index >= 15 is 0 Å². The number of ketones is 2. The van der Waals surface area contributed by atoms with Crippen molar-refractivity contribution >= 4 is 45.2 Å². The van der Waals surface area contributed by atoms with Crippen molar-refractivity contribution in [1.82, 2.24) is 29.9 Å². The zero-order valence-electron chi connectivity index (χ0n) is 27.5. The van der Waals surface area contributed by atoms with Gasteiger partial charge in [0.2, 0.25) is 0 Å². The van der Waals surface area contributed by atoms with E-state index < -0.39 is 0 Å². The number of carbonyl (C=O) groups excluding carboxylic acids is 2. The van der Waals surface area contributed by atoms with Crippen molar-refractivity contribution in [1.29, 1.82) is 0 Å². The van der Waals surface area contributed by atoms with Gasteiger partial charge in [0.25, 0.3) is 0 Å². The lowest BCUT2D eigenvalue weighted by atomic mass is 10.0. The average Bonchev–Trinajstić information content (AvgIpc) is 3.83. The van der Waals surface area contributed by atoms with Gasteiger partial charge in [-0.25, -0.2) is 15.0 Å². The van der Waals surface area contributed by atoms with Gasteiger partial charge in [-0.3, -0.25) is 14.6 Å². The molecule has 0 spiro atoms. The van der Waals surface area contributed by atoms with Crippen molar-refractivity contribution in [3.63, 3.8) is 0 Å². The van der Waals surface area contributed by atoms with Gasteiger partial charge in [-0.2, -0.15) is 0 Å². The quantitative estimate of drug-likeness (QED) is 0.108. The van der Waals surface area contributed by atoms with Gasteiger partial charge < -0.3 is 15.7 Å². The summed E-state index contributed by atoms with van der Waals surface area (Å²) in [5.41, 5.74) is 12.5. The fourth-order valence-corrected chi connectivity index (χ4v) is 5.46. The van der Waals surface area contributed by atoms with Crippen LogP contribution in [0.25, 0.3) is 22.1 Å². The van der Waals surface area contributed by atoms with E-state index in [1.165, 1.54) is 17.3 Å². The smallest absolute Gasteiger partial charge is 0.196 e. The zero-order valence-corrected chi connectivity index (χ0v) is 28.3. The molecule has 2 aromatic carbocycles. The molecule has 0 saturated heterocycles. The number of aromatic nitrogens is 6. The maximum atomic E-state index is 12.7. The number of nitrogens with zero attached hydrogens (tertiary/aromatic N) is 4. The van der Waals surface area contributed by atoms with Crippen LogP contribution in [0.15, 0.2) is 146 Å². The minimum atomic E-state index is -0.0987. The van der Waals surface area contributed by atoms with E-state index in [4.69, 9.17) is 17.3 Å². The van der Waals surface area contributed by atoms with Crippen LogP contribution in [0, 0.1) is 0 Å². The van der Waals surface area contributed by atoms with Crippen LogP contribution in [0.4, 0.5) is 0 Å². The molecule has 4 N–H and O–H groups in total. The van der Waals surface area contributed by atoms with Crippen LogP contribution >= 0.6 is 11.6 Å². The van der Waals surface area contributed by atoms with Crippen LogP contribution in [0.1, 0.15) is 48.7 Å². The predicted octanol–water partition coefficient (Wildman–Crippen LogP) is 7.96. The van der Waals surface area contributed by atoms with E-state index in [-0.39, 0.29) is 11.6 Å². The van der Waals surface area contributed by atoms with Crippen molar-refractivity contribution in [2.24, 2.45) is 5.73 Å². The van der Waals surface area contributed by atoms with Crippen LogP contribution in [0.2, 0.25) is 5.15 Å². The van der Waals surface area contributed by atoms with Gasteiger partial charge in [-0.05, 0) is 72.5 Å². The second-order valence-electron chi connectivity index (χ2n) is 11.4. The van der Waals surface area contributed by atoms with Crippen LogP contribution in [-0.2, 0) is 19.4 Å². The van der Waals surface area contributed by atoms with Crippen molar-refractivity contribution in [2.75, 3.05) is 0 Å². The molecule has 6 aromatic heterocycles. The van der Waals surface area contributed by atoms with E-state index in [2.05, 4.69) is 42.0 Å². The van der Waals surface area contributed by atoms with E-state index in [1.807, 2.05) is 78.9 Å². The number of hydrogen-bond acceptors (Lipinski definition) is 7. The van der Waals surface area contributed by atoms with Crippen molar-refractivity contribution in [3.05, 3.63) is 191 Å². The van der Waals surface area contributed by atoms with Crippen LogP contribution in [0.5, 0.6) is 0 Å². The number of rotatable bonds is 8. The number of carbonyl (C=O) groups is 2. The molecule has 8 aromatic rings. The molecule has 6 heterocycles. The van der Waals surface area contributed by atoms with Gasteiger partial charge in [0, 0.05) is 82.4 Å². The molecule has 0 radical (unpaired) electrons. The summed E-state index contributed by atoms with van der Waals surface area (Å²) in [7, 11) is 0. The molecule has 8 rings (SSSR count). The van der Waals surface area contributed by atoms with Gasteiger partial charge in [0.15, 0.2) is 11.6 Å². The number of benzene rings is 2. The highest BCUT2D eigenvalue weighted by Crippen LogP contribution is 2.21. The number of fused-ring (bicyclic) bond motifs is 2. The number of nitrogens with one attached hydrogen (secondary N) is 2. The summed E-state index contributed by atoms with van der Waals surface area (Å²) < 4.78 is 0. The third kappa shape index (κ3) is 8.85. The Labute approximate surface area is 299 Å². The minimum absolute atomic E-state index is 0.0404. The summed E-state index contributed by atoms with van der Waals surface area (Å²) in [6.07, 6.45) is 11.7. The minimum Gasteiger partial charge on any atom is -0.345 e. The molecule has 0 unspecified atom stereocenters. The number of aryl methyl sites for hydroxylation is 2. The van der Waals surface area contributed by atoms with Crippen LogP contribution in [0.3, 0.4) is 0 Å². The Morgan fingerprint density at radius 2 is 1.10 bits per heavy atom. The Hall–Kier alpha value is -6.29. The topological polar surface area (TPSA) is 143 Å². The summed E-state index contributed by atoms with van der Waals surface area (Å²) in [4.78, 5) is 47.8. The molecule has 51 heavy (non-hydrogen) atoms. The van der Waals surface area contributed by atoms with Gasteiger partial charge in [-0.1, -0.05) is 72.3 Å². The molecule has 0 atom stereocenters. The van der Waals surface area contributed by atoms with Crippen LogP contribution in [-0.4, -0.2) is 41.5 Å². The molecule has 0 saturated carbocycles. The lowest BCUT2D eigenvalue weighted by Crippen LogP contribution is -2.03. The number of H-pyrrole nitrogens is 2. The third-order valence-corrected chi connectivity index (χ3v) is 8.28. The molecule has 0 aliphatic carbocycles. The Balaban J connectivity index is 0.000000150. The molecular formula is C41H34ClN7O2. The van der Waals surface area contributed by atoms with Gasteiger partial charge in [0.1, 0.15) is 16.4 Å². The molecule has 0 aliphatic heterocycles. The fraction of sp³-hybridized carbons (Fsp3) is 0.0732. The molecule has 0 fully saturated rings. The molecule has 0 bridgehead atoms. The summed E-state index contributed by atoms with van der Waals surface area (Å²) in [5, 5.41) is 2.00. The number of aromatic amines is 2. The highest BCUT2D eigenvalue weighted by atomic mass is 35.5. The predicted molar refractivity (Wildman–Crippen MR) is 201 cm³/mol. The van der Waals surface area contributed by atoms with E-state index in [1.54, 1.807) is 49.2 Å². The number of nitrogens with two attached hydrogens (primary N) is 1. The SMILES string of the molecule is NCc1ccccc1.O=C(c1ccc(CCc2ccccc2)nc1)c1c[nH]c2ncccc12.O=C(c1ccc(Cl)nc1)c1c[nH]c2ncccc12. The third-order valence-electron chi connectivity index (χ3n) is 8.06. The largest absolute Gasteiger partial charge is 0.345 e. The summed E-state index contributed by atoms with van der Waals surface area (Å²) in [6, 6.07) is 34.7. The first-order valence-electron chi connectivity index (χ1n) is 16.3. The summed E-state index contributed by atoms with van der Waals surface area (Å²) >= 11 is 5.70. The number of halogens is 1. The second kappa shape index (κ2) is 16.9. The molecule has 10 heteroatoms. The molecule has 252 valence electrons. The van der Waals surface area contributed by atoms with Gasteiger partial charge in [0.05, 0.1) is 0 Å². The fourth-order valence-electron chi connectivity index (χ4n) is 5.35. The summed E-state index contributed by atoms with van der Waals surface area (Å²) in [6.45, 7) is 0.640. The standard InChI is InChI=1S/C21H17N3O.C13H8ClN3O.C7H9N/c25-20(19-14-24-21-18(19)7-4-12-22-21)16-9-11-17(23-13-16)10-8-15-5-2-1-3-6-15;14-11-4-3-8(6-16-11)12(18)10-7-17-13-9(10)2-1-5-15-13;8-6-7-4-2-1-3-5-7/h1-7,9,11-14H,8,10H2,(H,22,24);1-7H,(H,15,17);1-5H,6,8H2. The molecule has 9 nitrogen and oxygen atoms in total. The van der Waals surface area contributed by atoms with Gasteiger partial charge >= 0.3 is 0 Å². The van der Waals surface area contributed by atoms with E-state index in [9.17, 15) is 9.59 Å². The second-order valence-corrected chi connectivity index (χ2v) is 11.8. The summed E-state index contributed by atoms with van der Waals surface area (Å²) in [5.74, 6) is -0.139.